The Balaban J connectivity index is 2.10. The molecule has 0 aromatic carbocycles. The Morgan fingerprint density at radius 1 is 1.65 bits per heavy atom. The topological polar surface area (TPSA) is 52.9 Å². The maximum Gasteiger partial charge on any atom is 0.262 e. The molecule has 1 heterocycles. The van der Waals surface area contributed by atoms with Crippen LogP contribution in [0, 0.1) is 16.7 Å². The first-order valence-electron chi connectivity index (χ1n) is 5.83. The number of nitrogens with one attached hydrogen (secondary N) is 1. The summed E-state index contributed by atoms with van der Waals surface area (Å²) in [5.41, 5.74) is 0.642. The molecule has 0 saturated heterocycles. The van der Waals surface area contributed by atoms with Gasteiger partial charge in [0.2, 0.25) is 0 Å². The third kappa shape index (κ3) is 2.34. The van der Waals surface area contributed by atoms with Gasteiger partial charge in [0.15, 0.2) is 0 Å². The standard InChI is InChI=1S/C13H16N2OS/c1-13(2)6-3-4-10(13)15-12(16)11-9(8-14)5-7-17-11/h5,7,10H,3-4,6H2,1-2H3,(H,15,16). The normalized spacial score (nSPS) is 22.1. The van der Waals surface area contributed by atoms with E-state index in [1.807, 2.05) is 0 Å². The predicted octanol–water partition coefficient (Wildman–Crippen LogP) is 2.93. The highest BCUT2D eigenvalue weighted by molar-refractivity contribution is 7.12. The SMILES string of the molecule is CC1(C)CCCC1NC(=O)c1sccc1C#N. The Morgan fingerprint density at radius 2 is 2.41 bits per heavy atom. The summed E-state index contributed by atoms with van der Waals surface area (Å²) >= 11 is 1.33. The van der Waals surface area contributed by atoms with Gasteiger partial charge in [-0.05, 0) is 29.7 Å². The summed E-state index contributed by atoms with van der Waals surface area (Å²) in [4.78, 5) is 12.6. The molecule has 1 atom stereocenters. The zero-order valence-corrected chi connectivity index (χ0v) is 10.9. The maximum atomic E-state index is 12.1. The number of hydrogen-bond donors (Lipinski definition) is 1. The van der Waals surface area contributed by atoms with Gasteiger partial charge in [-0.1, -0.05) is 20.3 Å². The molecule has 0 radical (unpaired) electrons. The Hall–Kier alpha value is -1.34. The van der Waals surface area contributed by atoms with Crippen molar-refractivity contribution in [3.63, 3.8) is 0 Å². The van der Waals surface area contributed by atoms with Crippen LogP contribution in [-0.2, 0) is 0 Å². The van der Waals surface area contributed by atoms with Crippen molar-refractivity contribution in [1.82, 2.24) is 5.32 Å². The van der Waals surface area contributed by atoms with E-state index in [0.29, 0.717) is 10.4 Å². The Morgan fingerprint density at radius 3 is 3.00 bits per heavy atom. The Bertz CT molecular complexity index is 470. The van der Waals surface area contributed by atoms with Crippen molar-refractivity contribution in [1.29, 1.82) is 5.26 Å². The Kier molecular flexibility index (Phi) is 3.21. The fourth-order valence-electron chi connectivity index (χ4n) is 2.39. The molecule has 90 valence electrons. The van der Waals surface area contributed by atoms with E-state index in [2.05, 4.69) is 25.2 Å². The number of carbonyl (C=O) groups is 1. The van der Waals surface area contributed by atoms with Gasteiger partial charge in [0.1, 0.15) is 10.9 Å². The average molecular weight is 248 g/mol. The number of nitrogens with zero attached hydrogens (tertiary/aromatic N) is 1. The molecule has 1 amide bonds. The summed E-state index contributed by atoms with van der Waals surface area (Å²) < 4.78 is 0. The molecule has 1 unspecified atom stereocenters. The van der Waals surface area contributed by atoms with E-state index >= 15 is 0 Å². The summed E-state index contributed by atoms with van der Waals surface area (Å²) in [6.07, 6.45) is 3.34. The predicted molar refractivity (Wildman–Crippen MR) is 67.9 cm³/mol. The Labute approximate surface area is 105 Å². The second kappa shape index (κ2) is 4.50. The minimum atomic E-state index is -0.100. The van der Waals surface area contributed by atoms with Crippen LogP contribution in [0.1, 0.15) is 48.3 Å². The molecule has 0 aliphatic heterocycles. The van der Waals surface area contributed by atoms with Crippen LogP contribution in [0.15, 0.2) is 11.4 Å². The van der Waals surface area contributed by atoms with E-state index in [1.165, 1.54) is 11.3 Å². The number of amides is 1. The van der Waals surface area contributed by atoms with Gasteiger partial charge in [0.25, 0.3) is 5.91 Å². The zero-order valence-electron chi connectivity index (χ0n) is 10.1. The van der Waals surface area contributed by atoms with Crippen molar-refractivity contribution >= 4 is 17.2 Å². The highest BCUT2D eigenvalue weighted by Crippen LogP contribution is 2.37. The maximum absolute atomic E-state index is 12.1. The monoisotopic (exact) mass is 248 g/mol. The van der Waals surface area contributed by atoms with E-state index in [1.54, 1.807) is 11.4 Å². The molecule has 17 heavy (non-hydrogen) atoms. The second-order valence-corrected chi connectivity index (χ2v) is 6.10. The van der Waals surface area contributed by atoms with Crippen molar-refractivity contribution in [3.8, 4) is 6.07 Å². The number of carbonyl (C=O) groups excluding carboxylic acids is 1. The lowest BCUT2D eigenvalue weighted by Gasteiger charge is -2.27. The van der Waals surface area contributed by atoms with Gasteiger partial charge in [0, 0.05) is 6.04 Å². The van der Waals surface area contributed by atoms with Crippen LogP contribution >= 0.6 is 11.3 Å². The van der Waals surface area contributed by atoms with Gasteiger partial charge < -0.3 is 5.32 Å². The van der Waals surface area contributed by atoms with Crippen LogP contribution < -0.4 is 5.32 Å². The van der Waals surface area contributed by atoms with Crippen molar-refractivity contribution < 1.29 is 4.79 Å². The molecular formula is C13H16N2OS. The van der Waals surface area contributed by atoms with E-state index in [9.17, 15) is 4.79 Å². The molecule has 2 rings (SSSR count). The van der Waals surface area contributed by atoms with Crippen LogP contribution in [0.5, 0.6) is 0 Å². The van der Waals surface area contributed by atoms with Gasteiger partial charge in [-0.3, -0.25) is 4.79 Å². The summed E-state index contributed by atoms with van der Waals surface area (Å²) in [6, 6.07) is 3.97. The molecular weight excluding hydrogens is 232 g/mol. The summed E-state index contributed by atoms with van der Waals surface area (Å²) in [5, 5.41) is 13.7. The van der Waals surface area contributed by atoms with Crippen LogP contribution in [0.3, 0.4) is 0 Å². The third-order valence-electron chi connectivity index (χ3n) is 3.55. The molecule has 1 aromatic rings. The fraction of sp³-hybridized carbons (Fsp3) is 0.538. The largest absolute Gasteiger partial charge is 0.348 e. The summed E-state index contributed by atoms with van der Waals surface area (Å²) in [7, 11) is 0. The molecule has 1 aliphatic carbocycles. The fourth-order valence-corrected chi connectivity index (χ4v) is 3.14. The minimum absolute atomic E-state index is 0.100. The van der Waals surface area contributed by atoms with Crippen molar-refractivity contribution in [2.75, 3.05) is 0 Å². The number of thiophene rings is 1. The van der Waals surface area contributed by atoms with E-state index < -0.39 is 0 Å². The van der Waals surface area contributed by atoms with Gasteiger partial charge in [-0.2, -0.15) is 5.26 Å². The van der Waals surface area contributed by atoms with E-state index in [-0.39, 0.29) is 17.4 Å². The van der Waals surface area contributed by atoms with Gasteiger partial charge >= 0.3 is 0 Å². The first-order chi connectivity index (χ1) is 8.04. The second-order valence-electron chi connectivity index (χ2n) is 5.18. The molecule has 1 N–H and O–H groups in total. The van der Waals surface area contributed by atoms with E-state index in [4.69, 9.17) is 5.26 Å². The molecule has 1 aromatic heterocycles. The van der Waals surface area contributed by atoms with Crippen molar-refractivity contribution in [2.45, 2.75) is 39.2 Å². The smallest absolute Gasteiger partial charge is 0.262 e. The van der Waals surface area contributed by atoms with Gasteiger partial charge in [-0.25, -0.2) is 0 Å². The summed E-state index contributed by atoms with van der Waals surface area (Å²) in [5.74, 6) is -0.100. The molecule has 0 bridgehead atoms. The van der Waals surface area contributed by atoms with E-state index in [0.717, 1.165) is 19.3 Å². The summed E-state index contributed by atoms with van der Waals surface area (Å²) in [6.45, 7) is 4.37. The lowest BCUT2D eigenvalue weighted by molar-refractivity contribution is 0.0914. The molecule has 1 aliphatic rings. The lowest BCUT2D eigenvalue weighted by Crippen LogP contribution is -2.41. The van der Waals surface area contributed by atoms with Crippen molar-refractivity contribution in [2.24, 2.45) is 5.41 Å². The average Bonchev–Trinajstić information content (AvgIpc) is 2.85. The van der Waals surface area contributed by atoms with Crippen LogP contribution in [0.4, 0.5) is 0 Å². The van der Waals surface area contributed by atoms with Crippen molar-refractivity contribution in [3.05, 3.63) is 21.9 Å². The number of rotatable bonds is 2. The molecule has 1 fully saturated rings. The van der Waals surface area contributed by atoms with Crippen LogP contribution in [0.2, 0.25) is 0 Å². The number of nitriles is 1. The molecule has 0 spiro atoms. The van der Waals surface area contributed by atoms with Gasteiger partial charge in [-0.15, -0.1) is 11.3 Å². The first kappa shape index (κ1) is 12.1. The lowest BCUT2D eigenvalue weighted by atomic mass is 9.87. The zero-order chi connectivity index (χ0) is 12.5. The van der Waals surface area contributed by atoms with Gasteiger partial charge in [0.05, 0.1) is 5.56 Å². The molecule has 3 nitrogen and oxygen atoms in total. The van der Waals surface area contributed by atoms with Crippen LogP contribution in [-0.4, -0.2) is 11.9 Å². The number of hydrogen-bond acceptors (Lipinski definition) is 3. The first-order valence-corrected chi connectivity index (χ1v) is 6.71. The highest BCUT2D eigenvalue weighted by atomic mass is 32.1. The van der Waals surface area contributed by atoms with Crippen LogP contribution in [0.25, 0.3) is 0 Å². The molecule has 1 saturated carbocycles. The quantitative estimate of drug-likeness (QED) is 0.875. The highest BCUT2D eigenvalue weighted by Gasteiger charge is 2.35. The minimum Gasteiger partial charge on any atom is -0.348 e. The molecule has 4 heteroatoms. The third-order valence-corrected chi connectivity index (χ3v) is 4.47.